The van der Waals surface area contributed by atoms with E-state index in [0.717, 1.165) is 24.3 Å². The van der Waals surface area contributed by atoms with Gasteiger partial charge in [-0.3, -0.25) is 45.3 Å². The molecule has 0 aliphatic rings. The van der Waals surface area contributed by atoms with Crippen molar-refractivity contribution < 1.29 is 24.5 Å². The number of rotatable bonds is 5. The number of carbonyl (C=O) groups excluding carboxylic acids is 1. The van der Waals surface area contributed by atoms with Crippen LogP contribution >= 0.6 is 0 Å². The predicted octanol–water partition coefficient (Wildman–Crippen LogP) is 2.59. The summed E-state index contributed by atoms with van der Waals surface area (Å²) in [6, 6.07) is 5.51. The molecule has 160 valence electrons. The summed E-state index contributed by atoms with van der Waals surface area (Å²) in [4.78, 5) is 50.0. The van der Waals surface area contributed by atoms with Crippen LogP contribution in [0.4, 0.5) is 22.7 Å². The first kappa shape index (κ1) is 24.0. The third-order valence-corrected chi connectivity index (χ3v) is 3.91. The van der Waals surface area contributed by atoms with Crippen LogP contribution in [0.15, 0.2) is 24.3 Å². The Labute approximate surface area is 171 Å². The summed E-state index contributed by atoms with van der Waals surface area (Å²) in [6.45, 7) is 2.51. The van der Waals surface area contributed by atoms with Crippen LogP contribution in [0.2, 0.25) is 0 Å². The van der Waals surface area contributed by atoms with Crippen LogP contribution in [0, 0.1) is 65.6 Å². The Balaban J connectivity index is 0.000000311. The molecule has 1 amide bonds. The Hall–Kier alpha value is -5.00. The van der Waals surface area contributed by atoms with Crippen LogP contribution in [0.5, 0.6) is 0 Å². The molecule has 0 bridgehead atoms. The van der Waals surface area contributed by atoms with E-state index in [2.05, 4.69) is 0 Å². The molecule has 0 spiro atoms. The van der Waals surface area contributed by atoms with Gasteiger partial charge in [-0.1, -0.05) is 0 Å². The monoisotopic (exact) mass is 432 g/mol. The molecule has 0 saturated heterocycles. The highest BCUT2D eigenvalue weighted by atomic mass is 16.6. The number of primary amides is 1. The smallest absolute Gasteiger partial charge is 0.280 e. The maximum atomic E-state index is 10.8. The number of hydrogen-bond donors (Lipinski definition) is 1. The van der Waals surface area contributed by atoms with Crippen molar-refractivity contribution in [2.24, 2.45) is 5.73 Å². The summed E-state index contributed by atoms with van der Waals surface area (Å²) < 4.78 is 0. The molecule has 15 nitrogen and oxygen atoms in total. The standard InChI is InChI=1S/C8H7N3O5.C8H5N3O4/c1-4-6(10(13)14)2-5(8(9)12)3-7(4)11(15)16;1-5-7(10(12)13)2-6(4-9)3-8(5)11(14)15/h2-3H,1H3,(H2,9,12);2-3H,1H3. The normalized spacial score (nSPS) is 9.58. The second kappa shape index (κ2) is 9.47. The molecule has 0 fully saturated rings. The molecule has 2 aromatic carbocycles. The van der Waals surface area contributed by atoms with Crippen molar-refractivity contribution in [3.63, 3.8) is 0 Å². The summed E-state index contributed by atoms with van der Waals surface area (Å²) >= 11 is 0. The van der Waals surface area contributed by atoms with Crippen molar-refractivity contribution >= 4 is 28.7 Å². The highest BCUT2D eigenvalue weighted by Crippen LogP contribution is 2.29. The van der Waals surface area contributed by atoms with Crippen LogP contribution in [-0.2, 0) is 0 Å². The second-order valence-electron chi connectivity index (χ2n) is 5.78. The van der Waals surface area contributed by atoms with Crippen LogP contribution in [-0.4, -0.2) is 25.6 Å². The minimum absolute atomic E-state index is 0.0519. The zero-order chi connectivity index (χ0) is 24.0. The van der Waals surface area contributed by atoms with Crippen molar-refractivity contribution in [3.05, 3.63) is 87.0 Å². The van der Waals surface area contributed by atoms with Gasteiger partial charge in [0.15, 0.2) is 0 Å². The molecule has 0 heterocycles. The average molecular weight is 432 g/mol. The highest BCUT2D eigenvalue weighted by Gasteiger charge is 2.24. The van der Waals surface area contributed by atoms with Gasteiger partial charge in [-0.15, -0.1) is 0 Å². The number of nitrogens with two attached hydrogens (primary N) is 1. The number of benzene rings is 2. The molecule has 0 atom stereocenters. The van der Waals surface area contributed by atoms with E-state index in [0.29, 0.717) is 0 Å². The Morgan fingerprint density at radius 3 is 1.29 bits per heavy atom. The number of nitro benzene ring substituents is 4. The van der Waals surface area contributed by atoms with Gasteiger partial charge in [-0.05, 0) is 13.8 Å². The molecule has 0 aliphatic carbocycles. The van der Waals surface area contributed by atoms with Gasteiger partial charge < -0.3 is 5.73 Å². The molecule has 0 aromatic heterocycles. The maximum absolute atomic E-state index is 10.8. The zero-order valence-electron chi connectivity index (χ0n) is 15.8. The third kappa shape index (κ3) is 5.51. The van der Waals surface area contributed by atoms with Crippen molar-refractivity contribution in [2.45, 2.75) is 13.8 Å². The minimum Gasteiger partial charge on any atom is -0.366 e. The molecular weight excluding hydrogens is 420 g/mol. The Morgan fingerprint density at radius 2 is 1.06 bits per heavy atom. The number of nitriles is 1. The van der Waals surface area contributed by atoms with Gasteiger partial charge >= 0.3 is 0 Å². The first-order valence-electron chi connectivity index (χ1n) is 7.88. The number of amides is 1. The van der Waals surface area contributed by atoms with E-state index in [-0.39, 0.29) is 22.3 Å². The van der Waals surface area contributed by atoms with E-state index in [1.165, 1.54) is 13.8 Å². The summed E-state index contributed by atoms with van der Waals surface area (Å²) in [6.07, 6.45) is 0. The summed E-state index contributed by atoms with van der Waals surface area (Å²) in [5, 5.41) is 50.8. The molecule has 2 rings (SSSR count). The molecule has 0 saturated carbocycles. The van der Waals surface area contributed by atoms with E-state index in [1.54, 1.807) is 6.07 Å². The van der Waals surface area contributed by atoms with Crippen molar-refractivity contribution in [2.75, 3.05) is 0 Å². The van der Waals surface area contributed by atoms with Gasteiger partial charge in [0, 0.05) is 24.3 Å². The third-order valence-electron chi connectivity index (χ3n) is 3.91. The SMILES string of the molecule is Cc1c([N+](=O)[O-])cc(C#N)cc1[N+](=O)[O-].Cc1c([N+](=O)[O-])cc(C(N)=O)cc1[N+](=O)[O-]. The minimum atomic E-state index is -0.953. The molecule has 2 N–H and O–H groups in total. The van der Waals surface area contributed by atoms with Crippen LogP contribution in [0.25, 0.3) is 0 Å². The molecular formula is C16H12N6O9. The fourth-order valence-electron chi connectivity index (χ4n) is 2.33. The molecule has 0 radical (unpaired) electrons. The van der Waals surface area contributed by atoms with E-state index in [9.17, 15) is 45.3 Å². The Bertz CT molecular complexity index is 1100. The lowest BCUT2D eigenvalue weighted by atomic mass is 10.1. The van der Waals surface area contributed by atoms with Gasteiger partial charge in [0.2, 0.25) is 5.91 Å². The summed E-state index contributed by atoms with van der Waals surface area (Å²) in [5.41, 5.74) is 2.57. The Morgan fingerprint density at radius 1 is 0.774 bits per heavy atom. The van der Waals surface area contributed by atoms with Crippen LogP contribution < -0.4 is 5.73 Å². The van der Waals surface area contributed by atoms with Crippen molar-refractivity contribution in [1.29, 1.82) is 5.26 Å². The number of carbonyl (C=O) groups is 1. The molecule has 0 unspecified atom stereocenters. The number of nitrogens with zero attached hydrogens (tertiary/aromatic N) is 5. The first-order valence-corrected chi connectivity index (χ1v) is 7.88. The number of nitro groups is 4. The summed E-state index contributed by atoms with van der Waals surface area (Å²) in [7, 11) is 0. The summed E-state index contributed by atoms with van der Waals surface area (Å²) in [5.74, 6) is -0.953. The van der Waals surface area contributed by atoms with E-state index >= 15 is 0 Å². The van der Waals surface area contributed by atoms with E-state index in [4.69, 9.17) is 11.0 Å². The molecule has 0 aliphatic heterocycles. The maximum Gasteiger partial charge on any atom is 0.280 e. The lowest BCUT2D eigenvalue weighted by Crippen LogP contribution is -2.12. The van der Waals surface area contributed by atoms with Gasteiger partial charge in [0.1, 0.15) is 11.1 Å². The quantitative estimate of drug-likeness (QED) is 0.534. The predicted molar refractivity (Wildman–Crippen MR) is 102 cm³/mol. The van der Waals surface area contributed by atoms with E-state index in [1.807, 2.05) is 0 Å². The fraction of sp³-hybridized carbons (Fsp3) is 0.125. The molecule has 31 heavy (non-hydrogen) atoms. The lowest BCUT2D eigenvalue weighted by molar-refractivity contribution is -0.395. The zero-order valence-corrected chi connectivity index (χ0v) is 15.8. The average Bonchev–Trinajstić information content (AvgIpc) is 2.67. The van der Waals surface area contributed by atoms with Gasteiger partial charge in [-0.25, -0.2) is 0 Å². The molecule has 2 aromatic rings. The topological polar surface area (TPSA) is 239 Å². The van der Waals surface area contributed by atoms with E-state index < -0.39 is 48.3 Å². The Kier molecular flexibility index (Phi) is 7.34. The van der Waals surface area contributed by atoms with Crippen molar-refractivity contribution in [3.8, 4) is 6.07 Å². The van der Waals surface area contributed by atoms with Gasteiger partial charge in [0.05, 0.1) is 36.9 Å². The van der Waals surface area contributed by atoms with Crippen molar-refractivity contribution in [1.82, 2.24) is 0 Å². The van der Waals surface area contributed by atoms with Gasteiger partial charge in [-0.2, -0.15) is 5.26 Å². The largest absolute Gasteiger partial charge is 0.366 e. The lowest BCUT2D eigenvalue weighted by Gasteiger charge is -2.01. The van der Waals surface area contributed by atoms with Gasteiger partial charge in [0.25, 0.3) is 22.7 Å². The highest BCUT2D eigenvalue weighted by molar-refractivity contribution is 5.94. The fourth-order valence-corrected chi connectivity index (χ4v) is 2.33. The first-order chi connectivity index (χ1) is 14.3. The second-order valence-corrected chi connectivity index (χ2v) is 5.78. The van der Waals surface area contributed by atoms with Crippen LogP contribution in [0.1, 0.15) is 27.0 Å². The molecule has 15 heteroatoms. The number of hydrogen-bond acceptors (Lipinski definition) is 10. The van der Waals surface area contributed by atoms with Crippen LogP contribution in [0.3, 0.4) is 0 Å².